The molecule has 0 aliphatic carbocycles. The van der Waals surface area contributed by atoms with Gasteiger partial charge in [-0.05, 0) is 13.3 Å². The van der Waals surface area contributed by atoms with Gasteiger partial charge in [0.1, 0.15) is 5.82 Å². The summed E-state index contributed by atoms with van der Waals surface area (Å²) in [4.78, 5) is 51.1. The van der Waals surface area contributed by atoms with Gasteiger partial charge in [-0.15, -0.1) is 0 Å². The van der Waals surface area contributed by atoms with Crippen LogP contribution in [-0.4, -0.2) is 75.1 Å². The van der Waals surface area contributed by atoms with Crippen LogP contribution in [0.15, 0.2) is 6.20 Å². The van der Waals surface area contributed by atoms with E-state index in [0.29, 0.717) is 45.7 Å². The van der Waals surface area contributed by atoms with E-state index in [0.717, 1.165) is 29.9 Å². The molecule has 0 unspecified atom stereocenters. The molecule has 0 radical (unpaired) electrons. The average Bonchev–Trinajstić information content (AvgIpc) is 3.33. The van der Waals surface area contributed by atoms with Gasteiger partial charge in [0.15, 0.2) is 0 Å². The van der Waals surface area contributed by atoms with E-state index in [1.165, 1.54) is 0 Å². The SMILES string of the molecule is CCN1C[C@H](C(=O)N2CC[C@H](c3ncc4c(n3)CCN(C(C)=O)C4)C2)CC1=O. The molecule has 8 nitrogen and oxygen atoms in total. The van der Waals surface area contributed by atoms with Gasteiger partial charge >= 0.3 is 0 Å². The summed E-state index contributed by atoms with van der Waals surface area (Å²) < 4.78 is 0. The van der Waals surface area contributed by atoms with Crippen LogP contribution in [0.4, 0.5) is 0 Å². The number of likely N-dealkylation sites (tertiary alicyclic amines) is 2. The maximum atomic E-state index is 12.8. The maximum absolute atomic E-state index is 12.8. The molecule has 4 heterocycles. The van der Waals surface area contributed by atoms with Gasteiger partial charge in [0.25, 0.3) is 0 Å². The standard InChI is InChI=1S/C20H27N5O3/c1-3-23-11-15(8-18(23)27)20(28)25-6-4-14(10-25)19-21-9-16-12-24(13(2)26)7-5-17(16)22-19/h9,14-15H,3-8,10-12H2,1-2H3/t14-,15+/m0/s1. The summed E-state index contributed by atoms with van der Waals surface area (Å²) in [6.45, 7) is 7.31. The van der Waals surface area contributed by atoms with E-state index < -0.39 is 0 Å². The van der Waals surface area contributed by atoms with Crippen molar-refractivity contribution in [1.82, 2.24) is 24.7 Å². The zero-order valence-electron chi connectivity index (χ0n) is 16.6. The van der Waals surface area contributed by atoms with Gasteiger partial charge in [0, 0.05) is 76.7 Å². The van der Waals surface area contributed by atoms with Crippen molar-refractivity contribution in [2.45, 2.75) is 45.6 Å². The van der Waals surface area contributed by atoms with Crippen LogP contribution in [0, 0.1) is 5.92 Å². The van der Waals surface area contributed by atoms with Crippen molar-refractivity contribution in [3.8, 4) is 0 Å². The number of amides is 3. The Bertz CT molecular complexity index is 811. The number of carbonyl (C=O) groups excluding carboxylic acids is 3. The zero-order chi connectivity index (χ0) is 19.8. The zero-order valence-corrected chi connectivity index (χ0v) is 16.6. The number of fused-ring (bicyclic) bond motifs is 1. The van der Waals surface area contributed by atoms with Crippen LogP contribution in [-0.2, 0) is 27.3 Å². The summed E-state index contributed by atoms with van der Waals surface area (Å²) in [5.74, 6) is 0.957. The Morgan fingerprint density at radius 1 is 1.21 bits per heavy atom. The maximum Gasteiger partial charge on any atom is 0.228 e. The molecule has 0 bridgehead atoms. The lowest BCUT2D eigenvalue weighted by atomic mass is 10.0. The predicted octanol–water partition coefficient (Wildman–Crippen LogP) is 0.565. The smallest absolute Gasteiger partial charge is 0.228 e. The first kappa shape index (κ1) is 18.8. The molecule has 150 valence electrons. The molecule has 0 aromatic carbocycles. The van der Waals surface area contributed by atoms with Gasteiger partial charge < -0.3 is 14.7 Å². The Hall–Kier alpha value is -2.51. The monoisotopic (exact) mass is 385 g/mol. The predicted molar refractivity (Wildman–Crippen MR) is 101 cm³/mol. The number of nitrogens with zero attached hydrogens (tertiary/aromatic N) is 5. The fourth-order valence-electron chi connectivity index (χ4n) is 4.47. The van der Waals surface area contributed by atoms with Gasteiger partial charge in [0.05, 0.1) is 11.6 Å². The molecule has 2 saturated heterocycles. The number of rotatable bonds is 3. The van der Waals surface area contributed by atoms with Gasteiger partial charge in [-0.25, -0.2) is 9.97 Å². The lowest BCUT2D eigenvalue weighted by Crippen LogP contribution is -2.36. The molecule has 0 saturated carbocycles. The van der Waals surface area contributed by atoms with Crippen molar-refractivity contribution in [2.75, 3.05) is 32.7 Å². The highest BCUT2D eigenvalue weighted by Gasteiger charge is 2.38. The van der Waals surface area contributed by atoms with E-state index in [-0.39, 0.29) is 29.6 Å². The van der Waals surface area contributed by atoms with Gasteiger partial charge in [0.2, 0.25) is 17.7 Å². The molecule has 2 atom stereocenters. The van der Waals surface area contributed by atoms with Crippen molar-refractivity contribution in [2.24, 2.45) is 5.92 Å². The Morgan fingerprint density at radius 2 is 2.04 bits per heavy atom. The lowest BCUT2D eigenvalue weighted by molar-refractivity contribution is -0.134. The van der Waals surface area contributed by atoms with E-state index in [1.807, 2.05) is 22.9 Å². The molecular weight excluding hydrogens is 358 g/mol. The summed E-state index contributed by atoms with van der Waals surface area (Å²) in [5, 5.41) is 0. The first-order valence-corrected chi connectivity index (χ1v) is 10.1. The molecule has 1 aromatic heterocycles. The van der Waals surface area contributed by atoms with E-state index in [1.54, 1.807) is 11.8 Å². The van der Waals surface area contributed by atoms with Crippen molar-refractivity contribution in [1.29, 1.82) is 0 Å². The second-order valence-corrected chi connectivity index (χ2v) is 7.99. The second kappa shape index (κ2) is 7.48. The molecule has 28 heavy (non-hydrogen) atoms. The third kappa shape index (κ3) is 3.47. The fraction of sp³-hybridized carbons (Fsp3) is 0.650. The third-order valence-electron chi connectivity index (χ3n) is 6.21. The quantitative estimate of drug-likeness (QED) is 0.759. The van der Waals surface area contributed by atoms with Crippen molar-refractivity contribution < 1.29 is 14.4 Å². The molecule has 3 aliphatic heterocycles. The average molecular weight is 385 g/mol. The number of hydrogen-bond donors (Lipinski definition) is 0. The molecule has 3 aliphatic rings. The molecule has 8 heteroatoms. The summed E-state index contributed by atoms with van der Waals surface area (Å²) in [6.07, 6.45) is 3.76. The highest BCUT2D eigenvalue weighted by Crippen LogP contribution is 2.29. The minimum absolute atomic E-state index is 0.0757. The topological polar surface area (TPSA) is 86.7 Å². The summed E-state index contributed by atoms with van der Waals surface area (Å²) >= 11 is 0. The minimum atomic E-state index is -0.215. The highest BCUT2D eigenvalue weighted by atomic mass is 16.2. The fourth-order valence-corrected chi connectivity index (χ4v) is 4.47. The van der Waals surface area contributed by atoms with E-state index in [4.69, 9.17) is 4.98 Å². The summed E-state index contributed by atoms with van der Waals surface area (Å²) in [7, 11) is 0. The first-order valence-electron chi connectivity index (χ1n) is 10.1. The van der Waals surface area contributed by atoms with Gasteiger partial charge in [-0.3, -0.25) is 14.4 Å². The Labute approximate surface area is 164 Å². The van der Waals surface area contributed by atoms with Crippen LogP contribution < -0.4 is 0 Å². The van der Waals surface area contributed by atoms with Crippen molar-refractivity contribution in [3.63, 3.8) is 0 Å². The van der Waals surface area contributed by atoms with Crippen molar-refractivity contribution >= 4 is 17.7 Å². The Balaban J connectivity index is 1.40. The second-order valence-electron chi connectivity index (χ2n) is 7.99. The van der Waals surface area contributed by atoms with Crippen LogP contribution in [0.5, 0.6) is 0 Å². The van der Waals surface area contributed by atoms with Crippen LogP contribution in [0.25, 0.3) is 0 Å². The number of aromatic nitrogens is 2. The Morgan fingerprint density at radius 3 is 2.75 bits per heavy atom. The molecule has 0 N–H and O–H groups in total. The van der Waals surface area contributed by atoms with Gasteiger partial charge in [-0.1, -0.05) is 0 Å². The van der Waals surface area contributed by atoms with Crippen molar-refractivity contribution in [3.05, 3.63) is 23.3 Å². The molecular formula is C20H27N5O3. The molecule has 2 fully saturated rings. The highest BCUT2D eigenvalue weighted by molar-refractivity contribution is 5.89. The van der Waals surface area contributed by atoms with Gasteiger partial charge in [-0.2, -0.15) is 0 Å². The third-order valence-corrected chi connectivity index (χ3v) is 6.21. The van der Waals surface area contributed by atoms with Crippen LogP contribution in [0.3, 0.4) is 0 Å². The lowest BCUT2D eigenvalue weighted by Gasteiger charge is -2.27. The van der Waals surface area contributed by atoms with E-state index in [2.05, 4.69) is 4.98 Å². The minimum Gasteiger partial charge on any atom is -0.342 e. The van der Waals surface area contributed by atoms with Crippen LogP contribution in [0.1, 0.15) is 49.7 Å². The molecule has 4 rings (SSSR count). The largest absolute Gasteiger partial charge is 0.342 e. The van der Waals surface area contributed by atoms with Crippen LogP contribution in [0.2, 0.25) is 0 Å². The summed E-state index contributed by atoms with van der Waals surface area (Å²) in [5.41, 5.74) is 2.03. The van der Waals surface area contributed by atoms with E-state index in [9.17, 15) is 14.4 Å². The molecule has 3 amide bonds. The Kier molecular flexibility index (Phi) is 5.03. The molecule has 1 aromatic rings. The number of carbonyl (C=O) groups is 3. The van der Waals surface area contributed by atoms with Crippen LogP contribution >= 0.6 is 0 Å². The first-order chi connectivity index (χ1) is 13.5. The summed E-state index contributed by atoms with van der Waals surface area (Å²) in [6, 6.07) is 0. The molecule has 0 spiro atoms. The normalized spacial score (nSPS) is 24.6. The van der Waals surface area contributed by atoms with E-state index >= 15 is 0 Å². The number of hydrogen-bond acceptors (Lipinski definition) is 5.